The van der Waals surface area contributed by atoms with E-state index in [2.05, 4.69) is 31.1 Å². The van der Waals surface area contributed by atoms with Gasteiger partial charge in [0, 0.05) is 4.47 Å². The average Bonchev–Trinajstić information content (AvgIpc) is 3.20. The number of amides is 2. The van der Waals surface area contributed by atoms with E-state index >= 15 is 0 Å². The standard InChI is InChI=1S/C17H11BrN4O3S/c18-9-5-6-13(23)12(7-9)14-19-17(21-20-14)26-8-22-15(24)10-3-1-2-4-11(10)16(22)25/h1-7,23H,8H2,(H,19,20,21). The van der Waals surface area contributed by atoms with E-state index in [1.165, 1.54) is 4.90 Å². The molecular formula is C17H11BrN4O3S. The normalized spacial score (nSPS) is 13.3. The van der Waals surface area contributed by atoms with Crippen molar-refractivity contribution >= 4 is 39.5 Å². The van der Waals surface area contributed by atoms with E-state index in [1.807, 2.05) is 0 Å². The molecule has 2 heterocycles. The van der Waals surface area contributed by atoms with Gasteiger partial charge in [0.25, 0.3) is 11.8 Å². The second-order valence-electron chi connectivity index (χ2n) is 5.49. The molecule has 130 valence electrons. The number of H-pyrrole nitrogens is 1. The zero-order valence-corrected chi connectivity index (χ0v) is 15.5. The quantitative estimate of drug-likeness (QED) is 0.486. The minimum absolute atomic E-state index is 0.0706. The molecule has 4 rings (SSSR count). The highest BCUT2D eigenvalue weighted by Crippen LogP contribution is 2.31. The van der Waals surface area contributed by atoms with Gasteiger partial charge in [-0.25, -0.2) is 4.98 Å². The monoisotopic (exact) mass is 430 g/mol. The summed E-state index contributed by atoms with van der Waals surface area (Å²) in [4.78, 5) is 30.2. The van der Waals surface area contributed by atoms with Crippen molar-refractivity contribution in [1.82, 2.24) is 20.1 Å². The molecule has 7 nitrogen and oxygen atoms in total. The number of halogens is 1. The van der Waals surface area contributed by atoms with Crippen molar-refractivity contribution in [2.75, 3.05) is 5.88 Å². The molecule has 26 heavy (non-hydrogen) atoms. The van der Waals surface area contributed by atoms with Gasteiger partial charge in [0.2, 0.25) is 5.16 Å². The Kier molecular flexibility index (Phi) is 4.25. The summed E-state index contributed by atoms with van der Waals surface area (Å²) in [7, 11) is 0. The highest BCUT2D eigenvalue weighted by Gasteiger charge is 2.35. The van der Waals surface area contributed by atoms with E-state index in [0.29, 0.717) is 27.7 Å². The van der Waals surface area contributed by atoms with Crippen LogP contribution in [0.4, 0.5) is 0 Å². The maximum atomic E-state index is 12.3. The smallest absolute Gasteiger partial charge is 0.262 e. The number of nitrogens with zero attached hydrogens (tertiary/aromatic N) is 3. The number of phenols is 1. The first-order valence-corrected chi connectivity index (χ1v) is 9.32. The fourth-order valence-corrected chi connectivity index (χ4v) is 3.71. The first-order chi connectivity index (χ1) is 12.5. The topological polar surface area (TPSA) is 99.2 Å². The number of rotatable bonds is 4. The first-order valence-electron chi connectivity index (χ1n) is 7.54. The molecule has 3 aromatic rings. The number of thioether (sulfide) groups is 1. The molecule has 2 amide bonds. The molecule has 0 radical (unpaired) electrons. The molecule has 0 spiro atoms. The zero-order valence-electron chi connectivity index (χ0n) is 13.1. The van der Waals surface area contributed by atoms with Crippen molar-refractivity contribution in [1.29, 1.82) is 0 Å². The highest BCUT2D eigenvalue weighted by molar-refractivity contribution is 9.10. The summed E-state index contributed by atoms with van der Waals surface area (Å²) in [6, 6.07) is 11.7. The van der Waals surface area contributed by atoms with Gasteiger partial charge in [0.15, 0.2) is 5.82 Å². The third kappa shape index (κ3) is 2.89. The Bertz CT molecular complexity index is 1000. The van der Waals surface area contributed by atoms with Crippen LogP contribution < -0.4 is 0 Å². The predicted octanol–water partition coefficient (Wildman–Crippen LogP) is 3.29. The Morgan fingerprint density at radius 2 is 1.77 bits per heavy atom. The van der Waals surface area contributed by atoms with Gasteiger partial charge in [-0.2, -0.15) is 0 Å². The Hall–Kier alpha value is -2.65. The number of aromatic nitrogens is 3. The Labute approximate surface area is 160 Å². The van der Waals surface area contributed by atoms with Crippen LogP contribution in [-0.2, 0) is 0 Å². The minimum Gasteiger partial charge on any atom is -0.507 e. The molecule has 1 aromatic heterocycles. The fraction of sp³-hybridized carbons (Fsp3) is 0.0588. The lowest BCUT2D eigenvalue weighted by atomic mass is 10.1. The minimum atomic E-state index is -0.321. The number of fused-ring (bicyclic) bond motifs is 1. The number of nitrogens with one attached hydrogen (secondary N) is 1. The van der Waals surface area contributed by atoms with Crippen LogP contribution in [0.2, 0.25) is 0 Å². The van der Waals surface area contributed by atoms with Crippen molar-refractivity contribution in [2.24, 2.45) is 0 Å². The number of carbonyl (C=O) groups excluding carboxylic acids is 2. The molecule has 0 bridgehead atoms. The van der Waals surface area contributed by atoms with Crippen molar-refractivity contribution in [3.63, 3.8) is 0 Å². The molecular weight excluding hydrogens is 420 g/mol. The van der Waals surface area contributed by atoms with Gasteiger partial charge >= 0.3 is 0 Å². The van der Waals surface area contributed by atoms with Crippen molar-refractivity contribution < 1.29 is 14.7 Å². The number of hydrogen-bond acceptors (Lipinski definition) is 6. The number of imide groups is 1. The zero-order chi connectivity index (χ0) is 18.3. The van der Waals surface area contributed by atoms with Gasteiger partial charge in [0.05, 0.1) is 22.6 Å². The van der Waals surface area contributed by atoms with Crippen LogP contribution >= 0.6 is 27.7 Å². The predicted molar refractivity (Wildman–Crippen MR) is 98.8 cm³/mol. The third-order valence-corrected chi connectivity index (χ3v) is 5.20. The van der Waals surface area contributed by atoms with Gasteiger partial charge in [-0.3, -0.25) is 19.6 Å². The lowest BCUT2D eigenvalue weighted by Gasteiger charge is -2.11. The second-order valence-corrected chi connectivity index (χ2v) is 7.31. The number of aromatic amines is 1. The van der Waals surface area contributed by atoms with Crippen LogP contribution in [0.1, 0.15) is 20.7 Å². The van der Waals surface area contributed by atoms with Gasteiger partial charge in [-0.15, -0.1) is 5.10 Å². The van der Waals surface area contributed by atoms with Gasteiger partial charge in [-0.1, -0.05) is 39.8 Å². The number of benzene rings is 2. The third-order valence-electron chi connectivity index (χ3n) is 3.88. The second kappa shape index (κ2) is 6.58. The summed E-state index contributed by atoms with van der Waals surface area (Å²) >= 11 is 4.50. The summed E-state index contributed by atoms with van der Waals surface area (Å²) in [5, 5.41) is 17.2. The van der Waals surface area contributed by atoms with E-state index in [0.717, 1.165) is 16.2 Å². The molecule has 9 heteroatoms. The summed E-state index contributed by atoms with van der Waals surface area (Å²) in [5.74, 6) is -0.0689. The van der Waals surface area contributed by atoms with Crippen molar-refractivity contribution in [2.45, 2.75) is 5.16 Å². The van der Waals surface area contributed by atoms with Crippen LogP contribution in [-0.4, -0.2) is 42.9 Å². The summed E-state index contributed by atoms with van der Waals surface area (Å²) in [5.41, 5.74) is 1.32. The molecule has 0 saturated heterocycles. The van der Waals surface area contributed by atoms with Gasteiger partial charge < -0.3 is 5.11 Å². The molecule has 0 aliphatic carbocycles. The van der Waals surface area contributed by atoms with E-state index in [-0.39, 0.29) is 23.4 Å². The summed E-state index contributed by atoms with van der Waals surface area (Å²) < 4.78 is 0.793. The van der Waals surface area contributed by atoms with E-state index < -0.39 is 0 Å². The summed E-state index contributed by atoms with van der Waals surface area (Å²) in [6.07, 6.45) is 0. The van der Waals surface area contributed by atoms with Crippen LogP contribution in [0.3, 0.4) is 0 Å². The molecule has 2 N–H and O–H groups in total. The van der Waals surface area contributed by atoms with E-state index in [9.17, 15) is 14.7 Å². The lowest BCUT2D eigenvalue weighted by Crippen LogP contribution is -2.29. The average molecular weight is 431 g/mol. The van der Waals surface area contributed by atoms with Crippen molar-refractivity contribution in [3.05, 3.63) is 58.1 Å². The number of carbonyl (C=O) groups is 2. The maximum absolute atomic E-state index is 12.3. The molecule has 0 unspecified atom stereocenters. The van der Waals surface area contributed by atoms with Gasteiger partial charge in [-0.05, 0) is 30.3 Å². The maximum Gasteiger partial charge on any atom is 0.262 e. The van der Waals surface area contributed by atoms with Crippen LogP contribution in [0.5, 0.6) is 5.75 Å². The van der Waals surface area contributed by atoms with E-state index in [1.54, 1.807) is 42.5 Å². The molecule has 2 aromatic carbocycles. The first kappa shape index (κ1) is 16.8. The molecule has 0 atom stereocenters. The largest absolute Gasteiger partial charge is 0.507 e. The number of hydrogen-bond donors (Lipinski definition) is 2. The van der Waals surface area contributed by atoms with Gasteiger partial charge in [0.1, 0.15) is 5.75 Å². The Balaban J connectivity index is 1.50. The molecule has 0 fully saturated rings. The van der Waals surface area contributed by atoms with Crippen LogP contribution in [0, 0.1) is 0 Å². The van der Waals surface area contributed by atoms with Crippen LogP contribution in [0.25, 0.3) is 11.4 Å². The fourth-order valence-electron chi connectivity index (χ4n) is 2.61. The van der Waals surface area contributed by atoms with E-state index in [4.69, 9.17) is 0 Å². The van der Waals surface area contributed by atoms with Crippen LogP contribution in [0.15, 0.2) is 52.1 Å². The number of aromatic hydroxyl groups is 1. The highest BCUT2D eigenvalue weighted by atomic mass is 79.9. The SMILES string of the molecule is O=C1c2ccccc2C(=O)N1CSc1n[nH]c(-c2cc(Br)ccc2O)n1. The number of phenolic OH excluding ortho intramolecular Hbond substituents is 1. The lowest BCUT2D eigenvalue weighted by molar-refractivity contribution is 0.0684. The van der Waals surface area contributed by atoms with Crippen molar-refractivity contribution in [3.8, 4) is 17.1 Å². The molecule has 1 aliphatic rings. The molecule has 0 saturated carbocycles. The molecule has 1 aliphatic heterocycles. The summed E-state index contributed by atoms with van der Waals surface area (Å²) in [6.45, 7) is 0. The Morgan fingerprint density at radius 3 is 2.46 bits per heavy atom. The Morgan fingerprint density at radius 1 is 1.08 bits per heavy atom.